The zero-order valence-electron chi connectivity index (χ0n) is 11.8. The Morgan fingerprint density at radius 2 is 2.10 bits per heavy atom. The fourth-order valence-corrected chi connectivity index (χ4v) is 1.45. The minimum absolute atomic E-state index is 0.0738. The third-order valence-corrected chi connectivity index (χ3v) is 2.81. The number of nitro benzene ring substituents is 1. The van der Waals surface area contributed by atoms with Crippen LogP contribution in [-0.2, 0) is 4.79 Å². The molecular weight excluding hydrogens is 262 g/mol. The predicted octanol–water partition coefficient (Wildman–Crippen LogP) is 1.92. The van der Waals surface area contributed by atoms with Crippen LogP contribution in [0.3, 0.4) is 0 Å². The molecule has 1 aromatic rings. The average Bonchev–Trinajstić information content (AvgIpc) is 2.36. The Hall–Kier alpha value is -2.31. The molecule has 0 bridgehead atoms. The highest BCUT2D eigenvalue weighted by Gasteiger charge is 2.24. The molecule has 0 unspecified atom stereocenters. The SMILES string of the molecule is CCOc1cc(NCC(C)(C)C(N)=O)cc([N+](=O)[O-])c1. The van der Waals surface area contributed by atoms with Crippen LogP contribution in [-0.4, -0.2) is 24.0 Å². The number of non-ortho nitro benzene ring substituents is 1. The molecule has 0 saturated heterocycles. The lowest BCUT2D eigenvalue weighted by atomic mass is 9.92. The Morgan fingerprint density at radius 1 is 1.45 bits per heavy atom. The molecule has 0 aromatic heterocycles. The molecule has 0 spiro atoms. The Balaban J connectivity index is 2.94. The lowest BCUT2D eigenvalue weighted by Gasteiger charge is -2.21. The van der Waals surface area contributed by atoms with E-state index in [-0.39, 0.29) is 12.2 Å². The molecule has 0 atom stereocenters. The largest absolute Gasteiger partial charge is 0.494 e. The number of ether oxygens (including phenoxy) is 1. The Labute approximate surface area is 117 Å². The normalized spacial score (nSPS) is 10.9. The van der Waals surface area contributed by atoms with Crippen molar-refractivity contribution in [1.82, 2.24) is 0 Å². The fourth-order valence-electron chi connectivity index (χ4n) is 1.45. The summed E-state index contributed by atoms with van der Waals surface area (Å²) in [6, 6.07) is 4.39. The number of hydrogen-bond donors (Lipinski definition) is 2. The molecule has 0 aliphatic heterocycles. The first kappa shape index (κ1) is 15.7. The van der Waals surface area contributed by atoms with E-state index < -0.39 is 16.2 Å². The van der Waals surface area contributed by atoms with Crippen molar-refractivity contribution in [1.29, 1.82) is 0 Å². The van der Waals surface area contributed by atoms with Crippen LogP contribution in [0.15, 0.2) is 18.2 Å². The van der Waals surface area contributed by atoms with Crippen LogP contribution < -0.4 is 15.8 Å². The minimum atomic E-state index is -0.754. The lowest BCUT2D eigenvalue weighted by Crippen LogP contribution is -2.37. The molecule has 7 nitrogen and oxygen atoms in total. The molecule has 7 heteroatoms. The Kier molecular flexibility index (Phi) is 4.90. The zero-order valence-corrected chi connectivity index (χ0v) is 11.8. The zero-order chi connectivity index (χ0) is 15.3. The van der Waals surface area contributed by atoms with E-state index in [9.17, 15) is 14.9 Å². The van der Waals surface area contributed by atoms with Crippen molar-refractivity contribution in [3.8, 4) is 5.75 Å². The first-order valence-electron chi connectivity index (χ1n) is 6.22. The van der Waals surface area contributed by atoms with Crippen molar-refractivity contribution in [2.24, 2.45) is 11.1 Å². The van der Waals surface area contributed by atoms with E-state index in [0.717, 1.165) is 0 Å². The van der Waals surface area contributed by atoms with Crippen LogP contribution in [0.5, 0.6) is 5.75 Å². The topological polar surface area (TPSA) is 107 Å². The van der Waals surface area contributed by atoms with E-state index in [1.165, 1.54) is 12.1 Å². The number of hydrogen-bond acceptors (Lipinski definition) is 5. The summed E-state index contributed by atoms with van der Waals surface area (Å²) in [5.74, 6) is -0.0402. The van der Waals surface area contributed by atoms with Crippen LogP contribution in [0, 0.1) is 15.5 Å². The summed E-state index contributed by atoms with van der Waals surface area (Å²) in [5, 5.41) is 13.8. The number of nitrogens with two attached hydrogens (primary N) is 1. The molecule has 0 fully saturated rings. The monoisotopic (exact) mass is 281 g/mol. The van der Waals surface area contributed by atoms with E-state index in [0.29, 0.717) is 18.0 Å². The second-order valence-electron chi connectivity index (χ2n) is 5.01. The Bertz CT molecular complexity index is 514. The number of nitro groups is 1. The molecule has 20 heavy (non-hydrogen) atoms. The number of carbonyl (C=O) groups is 1. The molecule has 110 valence electrons. The van der Waals surface area contributed by atoms with E-state index in [1.807, 2.05) is 0 Å². The first-order chi connectivity index (χ1) is 9.26. The van der Waals surface area contributed by atoms with Crippen molar-refractivity contribution in [2.75, 3.05) is 18.5 Å². The van der Waals surface area contributed by atoms with Crippen molar-refractivity contribution in [3.63, 3.8) is 0 Å². The molecule has 0 radical (unpaired) electrons. The van der Waals surface area contributed by atoms with E-state index in [1.54, 1.807) is 26.8 Å². The summed E-state index contributed by atoms with van der Waals surface area (Å²) < 4.78 is 5.28. The predicted molar refractivity (Wildman–Crippen MR) is 75.7 cm³/mol. The number of benzene rings is 1. The van der Waals surface area contributed by atoms with Gasteiger partial charge in [-0.25, -0.2) is 0 Å². The van der Waals surface area contributed by atoms with Gasteiger partial charge in [-0.3, -0.25) is 14.9 Å². The number of amides is 1. The van der Waals surface area contributed by atoms with Crippen molar-refractivity contribution in [2.45, 2.75) is 20.8 Å². The van der Waals surface area contributed by atoms with Crippen LogP contribution in [0.4, 0.5) is 11.4 Å². The second-order valence-corrected chi connectivity index (χ2v) is 5.01. The molecule has 1 rings (SSSR count). The van der Waals surface area contributed by atoms with Gasteiger partial charge in [0, 0.05) is 24.4 Å². The number of primary amides is 1. The standard InChI is InChI=1S/C13H19N3O4/c1-4-20-11-6-9(5-10(7-11)16(18)19)15-8-13(2,3)12(14)17/h5-7,15H,4,8H2,1-3H3,(H2,14,17). The molecule has 1 amide bonds. The van der Waals surface area contributed by atoms with Crippen molar-refractivity contribution < 1.29 is 14.5 Å². The summed E-state index contributed by atoms with van der Waals surface area (Å²) in [5.41, 5.74) is 4.96. The minimum Gasteiger partial charge on any atom is -0.494 e. The smallest absolute Gasteiger partial charge is 0.275 e. The Morgan fingerprint density at radius 3 is 2.60 bits per heavy atom. The summed E-state index contributed by atoms with van der Waals surface area (Å²) in [6.45, 7) is 5.87. The van der Waals surface area contributed by atoms with Gasteiger partial charge in [0.25, 0.3) is 5.69 Å². The summed E-state index contributed by atoms with van der Waals surface area (Å²) in [4.78, 5) is 21.6. The maximum absolute atomic E-state index is 11.2. The highest BCUT2D eigenvalue weighted by Crippen LogP contribution is 2.27. The lowest BCUT2D eigenvalue weighted by molar-refractivity contribution is -0.384. The highest BCUT2D eigenvalue weighted by molar-refractivity contribution is 5.80. The van der Waals surface area contributed by atoms with E-state index in [2.05, 4.69) is 5.32 Å². The van der Waals surface area contributed by atoms with Crippen molar-refractivity contribution >= 4 is 17.3 Å². The molecule has 0 aliphatic carbocycles. The van der Waals surface area contributed by atoms with Crippen LogP contribution >= 0.6 is 0 Å². The fraction of sp³-hybridized carbons (Fsp3) is 0.462. The van der Waals surface area contributed by atoms with Crippen LogP contribution in [0.25, 0.3) is 0 Å². The van der Waals surface area contributed by atoms with Gasteiger partial charge < -0.3 is 15.8 Å². The summed E-state index contributed by atoms with van der Waals surface area (Å²) in [6.07, 6.45) is 0. The van der Waals surface area contributed by atoms with E-state index in [4.69, 9.17) is 10.5 Å². The van der Waals surface area contributed by atoms with Gasteiger partial charge in [-0.2, -0.15) is 0 Å². The molecule has 1 aromatic carbocycles. The maximum atomic E-state index is 11.2. The number of carbonyl (C=O) groups excluding carboxylic acids is 1. The highest BCUT2D eigenvalue weighted by atomic mass is 16.6. The second kappa shape index (κ2) is 6.23. The quantitative estimate of drug-likeness (QED) is 0.586. The first-order valence-corrected chi connectivity index (χ1v) is 6.22. The van der Waals surface area contributed by atoms with Gasteiger partial charge in [0.2, 0.25) is 5.91 Å². The van der Waals surface area contributed by atoms with Crippen molar-refractivity contribution in [3.05, 3.63) is 28.3 Å². The number of nitrogens with one attached hydrogen (secondary N) is 1. The third kappa shape index (κ3) is 4.11. The average molecular weight is 281 g/mol. The third-order valence-electron chi connectivity index (χ3n) is 2.81. The van der Waals surface area contributed by atoms with Gasteiger partial charge in [-0.05, 0) is 20.8 Å². The van der Waals surface area contributed by atoms with Gasteiger partial charge >= 0.3 is 0 Å². The van der Waals surface area contributed by atoms with Gasteiger partial charge in [0.1, 0.15) is 5.75 Å². The molecule has 0 saturated carbocycles. The number of anilines is 1. The number of nitrogens with zero attached hydrogens (tertiary/aromatic N) is 1. The van der Waals surface area contributed by atoms with Crippen LogP contribution in [0.1, 0.15) is 20.8 Å². The molecule has 0 aliphatic rings. The van der Waals surface area contributed by atoms with Crippen LogP contribution in [0.2, 0.25) is 0 Å². The summed E-state index contributed by atoms with van der Waals surface area (Å²) in [7, 11) is 0. The molecule has 0 heterocycles. The van der Waals surface area contributed by atoms with Gasteiger partial charge in [-0.1, -0.05) is 0 Å². The van der Waals surface area contributed by atoms with E-state index >= 15 is 0 Å². The maximum Gasteiger partial charge on any atom is 0.275 e. The summed E-state index contributed by atoms with van der Waals surface area (Å²) >= 11 is 0. The molecule has 3 N–H and O–H groups in total. The number of rotatable bonds is 7. The van der Waals surface area contributed by atoms with Gasteiger partial charge in [0.15, 0.2) is 0 Å². The van der Waals surface area contributed by atoms with Gasteiger partial charge in [0.05, 0.1) is 23.0 Å². The molecular formula is C13H19N3O4. The van der Waals surface area contributed by atoms with Gasteiger partial charge in [-0.15, -0.1) is 0 Å².